The van der Waals surface area contributed by atoms with Crippen LogP contribution in [0.2, 0.25) is 0 Å². The van der Waals surface area contributed by atoms with Crippen LogP contribution in [0.15, 0.2) is 29.3 Å². The average Bonchev–Trinajstić information content (AvgIpc) is 2.55. The van der Waals surface area contributed by atoms with Gasteiger partial charge in [-0.15, -0.1) is 24.0 Å². The summed E-state index contributed by atoms with van der Waals surface area (Å²) in [5.74, 6) is 0.865. The first-order chi connectivity index (χ1) is 11.1. The van der Waals surface area contributed by atoms with E-state index in [0.717, 1.165) is 38.2 Å². The average molecular weight is 446 g/mol. The largest absolute Gasteiger partial charge is 0.393 e. The number of aliphatic imine (C=N–C) groups is 1. The zero-order valence-electron chi connectivity index (χ0n) is 15.0. The molecule has 0 aliphatic heterocycles. The van der Waals surface area contributed by atoms with Crippen LogP contribution >= 0.6 is 24.0 Å². The Morgan fingerprint density at radius 2 is 1.96 bits per heavy atom. The fourth-order valence-corrected chi connectivity index (χ4v) is 2.84. The molecule has 0 saturated heterocycles. The molecule has 0 unspecified atom stereocenters. The molecule has 0 aromatic heterocycles. The minimum Gasteiger partial charge on any atom is -0.393 e. The fraction of sp³-hybridized carbons (Fsp3) is 0.611. The Hall–Kier alpha value is -1.02. The first-order valence-electron chi connectivity index (χ1n) is 8.57. The second kappa shape index (κ2) is 10.8. The van der Waals surface area contributed by atoms with Crippen LogP contribution in [0.5, 0.6) is 0 Å². The Balaban J connectivity index is 0.00000288. The van der Waals surface area contributed by atoms with Crippen LogP contribution in [0, 0.1) is 0 Å². The number of guanidine groups is 1. The maximum Gasteiger partial charge on any atom is 0.191 e. The maximum atomic E-state index is 9.61. The third-order valence-electron chi connectivity index (χ3n) is 4.23. The molecule has 5 nitrogen and oxygen atoms in total. The summed E-state index contributed by atoms with van der Waals surface area (Å²) < 4.78 is 0. The Labute approximate surface area is 162 Å². The standard InChI is InChI=1S/C18H30N4O.HI/c1-4-19-18(21-15-8-10-17(23)11-9-15)20-13-14-6-5-7-16(12-14)22(2)3;/h5-7,12,15,17,23H,4,8-11,13H2,1-3H3,(H2,19,20,21);1H. The van der Waals surface area contributed by atoms with Crippen LogP contribution in [0.1, 0.15) is 38.2 Å². The molecule has 1 aliphatic rings. The summed E-state index contributed by atoms with van der Waals surface area (Å²) in [6.07, 6.45) is 3.63. The topological polar surface area (TPSA) is 59.9 Å². The molecule has 6 heteroatoms. The number of rotatable bonds is 5. The molecule has 1 fully saturated rings. The van der Waals surface area contributed by atoms with Gasteiger partial charge in [0.05, 0.1) is 12.6 Å². The van der Waals surface area contributed by atoms with Gasteiger partial charge >= 0.3 is 0 Å². The van der Waals surface area contributed by atoms with Gasteiger partial charge in [0.1, 0.15) is 0 Å². The molecule has 0 heterocycles. The molecule has 0 atom stereocenters. The third kappa shape index (κ3) is 6.84. The monoisotopic (exact) mass is 446 g/mol. The molecule has 1 aliphatic carbocycles. The van der Waals surface area contributed by atoms with E-state index in [0.29, 0.717) is 12.6 Å². The molecule has 136 valence electrons. The molecular weight excluding hydrogens is 415 g/mol. The minimum absolute atomic E-state index is 0. The van der Waals surface area contributed by atoms with Crippen molar-refractivity contribution in [2.75, 3.05) is 25.5 Å². The molecule has 3 N–H and O–H groups in total. The first-order valence-corrected chi connectivity index (χ1v) is 8.57. The Morgan fingerprint density at radius 1 is 1.25 bits per heavy atom. The van der Waals surface area contributed by atoms with Crippen molar-refractivity contribution in [3.8, 4) is 0 Å². The molecule has 1 aromatic rings. The number of benzene rings is 1. The van der Waals surface area contributed by atoms with Crippen molar-refractivity contribution in [3.05, 3.63) is 29.8 Å². The van der Waals surface area contributed by atoms with Crippen LogP contribution in [-0.4, -0.2) is 43.9 Å². The zero-order valence-corrected chi connectivity index (χ0v) is 17.3. The molecule has 0 radical (unpaired) electrons. The quantitative estimate of drug-likeness (QED) is 0.370. The number of aliphatic hydroxyl groups excluding tert-OH is 1. The van der Waals surface area contributed by atoms with Crippen LogP contribution in [0.4, 0.5) is 5.69 Å². The van der Waals surface area contributed by atoms with Gasteiger partial charge in [-0.25, -0.2) is 4.99 Å². The van der Waals surface area contributed by atoms with E-state index in [1.807, 2.05) is 14.1 Å². The van der Waals surface area contributed by atoms with Gasteiger partial charge in [-0.1, -0.05) is 12.1 Å². The highest BCUT2D eigenvalue weighted by Crippen LogP contribution is 2.18. The summed E-state index contributed by atoms with van der Waals surface area (Å²) in [7, 11) is 4.09. The number of nitrogens with zero attached hydrogens (tertiary/aromatic N) is 2. The van der Waals surface area contributed by atoms with Crippen LogP contribution in [0.3, 0.4) is 0 Å². The van der Waals surface area contributed by atoms with Crippen LogP contribution < -0.4 is 15.5 Å². The fourth-order valence-electron chi connectivity index (χ4n) is 2.84. The van der Waals surface area contributed by atoms with Gasteiger partial charge in [-0.2, -0.15) is 0 Å². The van der Waals surface area contributed by atoms with Crippen molar-refractivity contribution in [2.45, 2.75) is 51.3 Å². The van der Waals surface area contributed by atoms with Gasteiger partial charge in [0.2, 0.25) is 0 Å². The smallest absolute Gasteiger partial charge is 0.191 e. The number of halogens is 1. The van der Waals surface area contributed by atoms with Crippen molar-refractivity contribution >= 4 is 35.6 Å². The van der Waals surface area contributed by atoms with E-state index in [9.17, 15) is 5.11 Å². The SMILES string of the molecule is CCNC(=NCc1cccc(N(C)C)c1)NC1CCC(O)CC1.I. The van der Waals surface area contributed by atoms with Gasteiger partial charge in [0.15, 0.2) is 5.96 Å². The maximum absolute atomic E-state index is 9.61. The van der Waals surface area contributed by atoms with Gasteiger partial charge in [-0.3, -0.25) is 0 Å². The van der Waals surface area contributed by atoms with E-state index in [2.05, 4.69) is 46.7 Å². The normalized spacial score (nSPS) is 20.9. The number of nitrogens with one attached hydrogen (secondary N) is 2. The summed E-state index contributed by atoms with van der Waals surface area (Å²) in [5, 5.41) is 16.4. The van der Waals surface area contributed by atoms with Crippen molar-refractivity contribution < 1.29 is 5.11 Å². The summed E-state index contributed by atoms with van der Waals surface area (Å²) in [6, 6.07) is 8.86. The lowest BCUT2D eigenvalue weighted by molar-refractivity contribution is 0.120. The number of hydrogen-bond acceptors (Lipinski definition) is 3. The molecule has 0 spiro atoms. The van der Waals surface area contributed by atoms with E-state index in [-0.39, 0.29) is 30.1 Å². The molecule has 1 aromatic carbocycles. The van der Waals surface area contributed by atoms with Gasteiger partial charge in [0, 0.05) is 32.4 Å². The van der Waals surface area contributed by atoms with Crippen LogP contribution in [0.25, 0.3) is 0 Å². The molecule has 0 amide bonds. The predicted molar refractivity (Wildman–Crippen MR) is 112 cm³/mol. The highest BCUT2D eigenvalue weighted by molar-refractivity contribution is 14.0. The molecule has 24 heavy (non-hydrogen) atoms. The lowest BCUT2D eigenvalue weighted by Gasteiger charge is -2.27. The van der Waals surface area contributed by atoms with Gasteiger partial charge in [-0.05, 0) is 50.3 Å². The second-order valence-electron chi connectivity index (χ2n) is 6.41. The van der Waals surface area contributed by atoms with E-state index >= 15 is 0 Å². The molecular formula is C18H31IN4O. The third-order valence-corrected chi connectivity index (χ3v) is 4.23. The number of anilines is 1. The van der Waals surface area contributed by atoms with Gasteiger partial charge < -0.3 is 20.6 Å². The van der Waals surface area contributed by atoms with Gasteiger partial charge in [0.25, 0.3) is 0 Å². The van der Waals surface area contributed by atoms with E-state index in [1.165, 1.54) is 11.3 Å². The Kier molecular flexibility index (Phi) is 9.43. The van der Waals surface area contributed by atoms with E-state index in [1.54, 1.807) is 0 Å². The predicted octanol–water partition coefficient (Wildman–Crippen LogP) is 2.73. The molecule has 2 rings (SSSR count). The lowest BCUT2D eigenvalue weighted by atomic mass is 9.93. The highest BCUT2D eigenvalue weighted by atomic mass is 127. The van der Waals surface area contributed by atoms with Crippen molar-refractivity contribution in [1.82, 2.24) is 10.6 Å². The molecule has 1 saturated carbocycles. The number of hydrogen-bond donors (Lipinski definition) is 3. The van der Waals surface area contributed by atoms with Crippen LogP contribution in [-0.2, 0) is 6.54 Å². The Bertz CT molecular complexity index is 513. The summed E-state index contributed by atoms with van der Waals surface area (Å²) >= 11 is 0. The lowest BCUT2D eigenvalue weighted by Crippen LogP contribution is -2.45. The Morgan fingerprint density at radius 3 is 2.58 bits per heavy atom. The summed E-state index contributed by atoms with van der Waals surface area (Å²) in [6.45, 7) is 3.58. The second-order valence-corrected chi connectivity index (χ2v) is 6.41. The highest BCUT2D eigenvalue weighted by Gasteiger charge is 2.19. The van der Waals surface area contributed by atoms with Crippen molar-refractivity contribution in [3.63, 3.8) is 0 Å². The van der Waals surface area contributed by atoms with Crippen molar-refractivity contribution in [1.29, 1.82) is 0 Å². The van der Waals surface area contributed by atoms with E-state index < -0.39 is 0 Å². The zero-order chi connectivity index (χ0) is 16.7. The van der Waals surface area contributed by atoms with E-state index in [4.69, 9.17) is 4.99 Å². The summed E-state index contributed by atoms with van der Waals surface area (Å²) in [5.41, 5.74) is 2.39. The first kappa shape index (κ1) is 21.0. The molecule has 0 bridgehead atoms. The number of aliphatic hydroxyl groups is 1. The van der Waals surface area contributed by atoms with Crippen molar-refractivity contribution in [2.24, 2.45) is 4.99 Å². The summed E-state index contributed by atoms with van der Waals surface area (Å²) in [4.78, 5) is 6.81. The minimum atomic E-state index is -0.124.